The molecule has 119 valence electrons. The van der Waals surface area contributed by atoms with Crippen molar-refractivity contribution in [3.8, 4) is 0 Å². The van der Waals surface area contributed by atoms with Crippen LogP contribution in [0.3, 0.4) is 0 Å². The van der Waals surface area contributed by atoms with Crippen molar-refractivity contribution in [1.82, 2.24) is 0 Å². The summed E-state index contributed by atoms with van der Waals surface area (Å²) in [6.45, 7) is 22.0. The Bertz CT molecular complexity index is 123. The summed E-state index contributed by atoms with van der Waals surface area (Å²) in [6.07, 6.45) is 7.92. The average Bonchev–Trinajstić information content (AvgIpc) is 2.37. The third kappa shape index (κ3) is 12.9. The van der Waals surface area contributed by atoms with Gasteiger partial charge in [0.05, 0.1) is 0 Å². The number of halogens is 1. The van der Waals surface area contributed by atoms with Crippen LogP contribution in [0.2, 0.25) is 0 Å². The summed E-state index contributed by atoms with van der Waals surface area (Å²) in [5, 5.41) is 0. The summed E-state index contributed by atoms with van der Waals surface area (Å²) in [6, 6.07) is 0. The monoisotopic (exact) mass is 496 g/mol. The van der Waals surface area contributed by atoms with Crippen molar-refractivity contribution in [2.24, 2.45) is 0 Å². The zero-order chi connectivity index (χ0) is 13.2. The van der Waals surface area contributed by atoms with Gasteiger partial charge in [0.15, 0.2) is 0 Å². The Hall–Kier alpha value is 1.89. The molecule has 1 radical (unpaired) electrons. The van der Waals surface area contributed by atoms with Gasteiger partial charge in [-0.05, 0) is 41.5 Å². The molecule has 0 saturated carbocycles. The van der Waals surface area contributed by atoms with Crippen molar-refractivity contribution < 1.29 is 34.8 Å². The maximum atomic E-state index is 4.24. The summed E-state index contributed by atoms with van der Waals surface area (Å²) in [5.41, 5.74) is 0. The van der Waals surface area contributed by atoms with Crippen molar-refractivity contribution in [1.29, 1.82) is 0 Å². The minimum absolute atomic E-state index is 0. The summed E-state index contributed by atoms with van der Waals surface area (Å²) in [5.74, 6) is 0. The van der Waals surface area contributed by atoms with E-state index in [-0.39, 0.29) is 34.8 Å². The summed E-state index contributed by atoms with van der Waals surface area (Å²) in [4.78, 5) is 0. The van der Waals surface area contributed by atoms with Gasteiger partial charge in [0.1, 0.15) is 0 Å². The first-order valence-corrected chi connectivity index (χ1v) is 11.8. The fourth-order valence-corrected chi connectivity index (χ4v) is 4.02. The number of hydrogen-bond donors (Lipinski definition) is 0. The second-order valence-corrected chi connectivity index (χ2v) is 13.7. The van der Waals surface area contributed by atoms with E-state index in [2.05, 4.69) is 54.9 Å². The van der Waals surface area contributed by atoms with E-state index in [0.717, 1.165) is 0 Å². The van der Waals surface area contributed by atoms with Crippen LogP contribution in [0.15, 0.2) is 0 Å². The minimum atomic E-state index is -0.662. The van der Waals surface area contributed by atoms with Crippen LogP contribution in [0.4, 0.5) is 0 Å². The SMILES string of the molecule is [Au].[CH2-][P+](CC)(CC)CC.[CH2-][P+](CC)(CC)CC.[Cl-]. The molecular weight excluding hydrogens is 463 g/mol. The molecule has 0 unspecified atom stereocenters. The molecule has 0 aromatic heterocycles. The van der Waals surface area contributed by atoms with Gasteiger partial charge in [-0.15, -0.1) is 14.5 Å². The quantitative estimate of drug-likeness (QED) is 0.301. The summed E-state index contributed by atoms with van der Waals surface area (Å²) >= 11 is 0. The fourth-order valence-electron chi connectivity index (χ4n) is 1.34. The smallest absolute Gasteiger partial charge is 0.0298 e. The molecule has 0 aliphatic carbocycles. The zero-order valence-corrected chi connectivity index (χ0v) is 17.9. The number of rotatable bonds is 6. The molecule has 0 heterocycles. The van der Waals surface area contributed by atoms with Crippen LogP contribution >= 0.6 is 14.5 Å². The topological polar surface area (TPSA) is 0 Å². The van der Waals surface area contributed by atoms with Crippen LogP contribution in [0.1, 0.15) is 41.5 Å². The molecule has 0 saturated heterocycles. The molecule has 0 atom stereocenters. The second kappa shape index (κ2) is 15.3. The standard InChI is InChI=1S/2C7H17P.Au.ClH/c2*1-5-8(4,6-2)7-3;;/h2*4-7H2,1-3H3;;1H/p-1. The van der Waals surface area contributed by atoms with E-state index in [0.29, 0.717) is 0 Å². The first kappa shape index (κ1) is 28.1. The third-order valence-electron chi connectivity index (χ3n) is 4.02. The largest absolute Gasteiger partial charge is 1.00 e. The van der Waals surface area contributed by atoms with Gasteiger partial charge in [0.25, 0.3) is 0 Å². The maximum Gasteiger partial charge on any atom is 0.0298 e. The van der Waals surface area contributed by atoms with E-state index in [1.807, 2.05) is 0 Å². The van der Waals surface area contributed by atoms with Crippen molar-refractivity contribution in [2.45, 2.75) is 41.5 Å². The van der Waals surface area contributed by atoms with Gasteiger partial charge in [-0.2, -0.15) is 13.3 Å². The van der Waals surface area contributed by atoms with Crippen LogP contribution in [0.25, 0.3) is 0 Å². The fraction of sp³-hybridized carbons (Fsp3) is 0.857. The van der Waals surface area contributed by atoms with Gasteiger partial charge in [0, 0.05) is 59.4 Å². The average molecular weight is 497 g/mol. The second-order valence-electron chi connectivity index (χ2n) is 4.58. The van der Waals surface area contributed by atoms with Crippen molar-refractivity contribution >= 4 is 14.5 Å². The Morgan fingerprint density at radius 3 is 0.667 bits per heavy atom. The molecule has 0 rings (SSSR count). The summed E-state index contributed by atoms with van der Waals surface area (Å²) < 4.78 is 0. The van der Waals surface area contributed by atoms with Gasteiger partial charge < -0.3 is 12.4 Å². The molecular formula is C14H34AuClP2-. The van der Waals surface area contributed by atoms with E-state index < -0.39 is 14.5 Å². The van der Waals surface area contributed by atoms with E-state index >= 15 is 0 Å². The van der Waals surface area contributed by atoms with Crippen LogP contribution in [-0.4, -0.2) is 37.0 Å². The normalized spacial score (nSPS) is 10.7. The molecule has 0 aliphatic rings. The molecule has 4 heteroatoms. The van der Waals surface area contributed by atoms with Crippen molar-refractivity contribution in [2.75, 3.05) is 37.0 Å². The van der Waals surface area contributed by atoms with E-state index in [1.165, 1.54) is 37.0 Å². The molecule has 0 aromatic carbocycles. The van der Waals surface area contributed by atoms with Crippen LogP contribution in [0.5, 0.6) is 0 Å². The van der Waals surface area contributed by atoms with Gasteiger partial charge in [-0.1, -0.05) is 0 Å². The first-order chi connectivity index (χ1) is 7.36. The maximum absolute atomic E-state index is 4.24. The zero-order valence-electron chi connectivity index (χ0n) is 13.2. The molecule has 18 heavy (non-hydrogen) atoms. The predicted octanol–water partition coefficient (Wildman–Crippen LogP) is 2.71. The van der Waals surface area contributed by atoms with Crippen LogP contribution < -0.4 is 12.4 Å². The Balaban J connectivity index is -0.0000000980. The molecule has 0 bridgehead atoms. The Morgan fingerprint density at radius 2 is 0.667 bits per heavy atom. The van der Waals surface area contributed by atoms with Gasteiger partial charge in [0.2, 0.25) is 0 Å². The number of hydrogen-bond acceptors (Lipinski definition) is 0. The van der Waals surface area contributed by atoms with E-state index in [1.54, 1.807) is 0 Å². The molecule has 0 fully saturated rings. The third-order valence-corrected chi connectivity index (χ3v) is 12.1. The van der Waals surface area contributed by atoms with Gasteiger partial charge in [-0.25, -0.2) is 0 Å². The van der Waals surface area contributed by atoms with Crippen LogP contribution in [-0.2, 0) is 22.4 Å². The molecule has 0 aromatic rings. The van der Waals surface area contributed by atoms with Crippen molar-refractivity contribution in [3.05, 3.63) is 13.3 Å². The molecule has 0 amide bonds. The Labute approximate surface area is 140 Å². The molecule has 0 aliphatic heterocycles. The predicted molar refractivity (Wildman–Crippen MR) is 87.8 cm³/mol. The Kier molecular flexibility index (Phi) is 23.9. The molecule has 0 N–H and O–H groups in total. The van der Waals surface area contributed by atoms with Crippen LogP contribution in [0, 0.1) is 13.3 Å². The molecule has 0 nitrogen and oxygen atoms in total. The van der Waals surface area contributed by atoms with E-state index in [4.69, 9.17) is 0 Å². The van der Waals surface area contributed by atoms with Crippen molar-refractivity contribution in [3.63, 3.8) is 0 Å². The first-order valence-electron chi connectivity index (χ1n) is 6.77. The van der Waals surface area contributed by atoms with E-state index in [9.17, 15) is 0 Å². The minimum Gasteiger partial charge on any atom is -1.00 e. The van der Waals surface area contributed by atoms with Gasteiger partial charge >= 0.3 is 0 Å². The van der Waals surface area contributed by atoms with Gasteiger partial charge in [-0.3, -0.25) is 0 Å². The summed E-state index contributed by atoms with van der Waals surface area (Å²) in [7, 11) is -1.32. The Morgan fingerprint density at radius 1 is 0.556 bits per heavy atom. The molecule has 0 spiro atoms.